The number of aryl methyl sites for hydroxylation is 2. The highest BCUT2D eigenvalue weighted by molar-refractivity contribution is 5.79. The molecule has 2 aromatic rings. The van der Waals surface area contributed by atoms with Gasteiger partial charge in [-0.3, -0.25) is 4.68 Å². The number of benzene rings is 1. The molecule has 25 heavy (non-hydrogen) atoms. The first-order chi connectivity index (χ1) is 11.9. The van der Waals surface area contributed by atoms with Gasteiger partial charge in [0.1, 0.15) is 0 Å². The molecule has 6 nitrogen and oxygen atoms in total. The molecule has 0 amide bonds. The Labute approximate surface area is 151 Å². The Morgan fingerprint density at radius 3 is 2.36 bits per heavy atom. The van der Waals surface area contributed by atoms with Gasteiger partial charge in [-0.2, -0.15) is 5.10 Å². The Morgan fingerprint density at radius 2 is 1.84 bits per heavy atom. The van der Waals surface area contributed by atoms with Gasteiger partial charge in [-0.15, -0.1) is 0 Å². The maximum Gasteiger partial charge on any atom is 0.191 e. The van der Waals surface area contributed by atoms with E-state index in [4.69, 9.17) is 4.99 Å². The largest absolute Gasteiger partial charge is 0.378 e. The van der Waals surface area contributed by atoms with Crippen LogP contribution in [0.4, 0.5) is 5.69 Å². The van der Waals surface area contributed by atoms with E-state index in [1.54, 1.807) is 0 Å². The third kappa shape index (κ3) is 4.98. The van der Waals surface area contributed by atoms with Crippen LogP contribution in [0.2, 0.25) is 0 Å². The summed E-state index contributed by atoms with van der Waals surface area (Å²) >= 11 is 0. The van der Waals surface area contributed by atoms with Gasteiger partial charge in [-0.05, 0) is 38.5 Å². The molecule has 0 bridgehead atoms. The predicted molar refractivity (Wildman–Crippen MR) is 105 cm³/mol. The van der Waals surface area contributed by atoms with Gasteiger partial charge >= 0.3 is 0 Å². The highest BCUT2D eigenvalue weighted by Gasteiger charge is 2.09. The summed E-state index contributed by atoms with van der Waals surface area (Å²) in [5.74, 6) is 0.821. The van der Waals surface area contributed by atoms with E-state index in [1.165, 1.54) is 22.5 Å². The lowest BCUT2D eigenvalue weighted by molar-refractivity contribution is 0.728. The SMILES string of the molecule is CCNC(=NCc1ccc(N(C)C)cc1)NCc1c(C)nn(C)c1C. The van der Waals surface area contributed by atoms with Crippen LogP contribution < -0.4 is 15.5 Å². The molecule has 0 aliphatic carbocycles. The number of rotatable bonds is 6. The van der Waals surface area contributed by atoms with Crippen molar-refractivity contribution in [2.75, 3.05) is 25.5 Å². The zero-order chi connectivity index (χ0) is 18.4. The molecular formula is C19H30N6. The molecule has 0 aliphatic rings. The van der Waals surface area contributed by atoms with Crippen molar-refractivity contribution in [2.24, 2.45) is 12.0 Å². The lowest BCUT2D eigenvalue weighted by Gasteiger charge is -2.13. The smallest absolute Gasteiger partial charge is 0.191 e. The van der Waals surface area contributed by atoms with Crippen LogP contribution in [0.5, 0.6) is 0 Å². The lowest BCUT2D eigenvalue weighted by Crippen LogP contribution is -2.37. The molecule has 0 spiro atoms. The Morgan fingerprint density at radius 1 is 1.16 bits per heavy atom. The molecule has 1 heterocycles. The second-order valence-corrected chi connectivity index (χ2v) is 6.38. The minimum absolute atomic E-state index is 0.647. The van der Waals surface area contributed by atoms with E-state index >= 15 is 0 Å². The van der Waals surface area contributed by atoms with E-state index in [2.05, 4.69) is 58.7 Å². The summed E-state index contributed by atoms with van der Waals surface area (Å²) in [7, 11) is 6.06. The molecule has 2 rings (SSSR count). The second kappa shape index (κ2) is 8.55. The lowest BCUT2D eigenvalue weighted by atomic mass is 10.2. The molecule has 0 fully saturated rings. The molecule has 0 saturated heterocycles. The first kappa shape index (κ1) is 18.8. The zero-order valence-electron chi connectivity index (χ0n) is 16.2. The summed E-state index contributed by atoms with van der Waals surface area (Å²) < 4.78 is 1.92. The van der Waals surface area contributed by atoms with Gasteiger partial charge in [0.15, 0.2) is 5.96 Å². The van der Waals surface area contributed by atoms with Gasteiger partial charge in [0, 0.05) is 51.2 Å². The zero-order valence-corrected chi connectivity index (χ0v) is 16.2. The molecule has 0 radical (unpaired) electrons. The van der Waals surface area contributed by atoms with Crippen LogP contribution in [0, 0.1) is 13.8 Å². The highest BCUT2D eigenvalue weighted by atomic mass is 15.3. The van der Waals surface area contributed by atoms with Gasteiger partial charge in [0.05, 0.1) is 12.2 Å². The van der Waals surface area contributed by atoms with Crippen molar-refractivity contribution >= 4 is 11.6 Å². The highest BCUT2D eigenvalue weighted by Crippen LogP contribution is 2.13. The maximum absolute atomic E-state index is 4.69. The van der Waals surface area contributed by atoms with Crippen LogP contribution in [0.15, 0.2) is 29.3 Å². The normalized spacial score (nSPS) is 11.5. The number of guanidine groups is 1. The first-order valence-corrected chi connectivity index (χ1v) is 8.69. The molecule has 2 N–H and O–H groups in total. The summed E-state index contributed by atoms with van der Waals surface area (Å²) in [6.45, 7) is 8.40. The van der Waals surface area contributed by atoms with Crippen LogP contribution in [0.3, 0.4) is 0 Å². The second-order valence-electron chi connectivity index (χ2n) is 6.38. The summed E-state index contributed by atoms with van der Waals surface area (Å²) in [6, 6.07) is 8.48. The van der Waals surface area contributed by atoms with Crippen LogP contribution in [0.1, 0.15) is 29.4 Å². The number of nitrogens with zero attached hydrogens (tertiary/aromatic N) is 4. The van der Waals surface area contributed by atoms with Gasteiger partial charge in [0.2, 0.25) is 0 Å². The molecule has 1 aromatic carbocycles. The standard InChI is InChI=1S/C19H30N6/c1-7-20-19(22-13-18-14(2)23-25(6)15(18)3)21-12-16-8-10-17(11-9-16)24(4)5/h8-11H,7,12-13H2,1-6H3,(H2,20,21,22). The van der Waals surface area contributed by atoms with Crippen molar-refractivity contribution in [1.29, 1.82) is 0 Å². The van der Waals surface area contributed by atoms with Crippen LogP contribution in [-0.4, -0.2) is 36.4 Å². The average molecular weight is 342 g/mol. The summed E-state index contributed by atoms with van der Waals surface area (Å²) in [5.41, 5.74) is 5.85. The number of aliphatic imine (C=N–C) groups is 1. The maximum atomic E-state index is 4.69. The Bertz CT molecular complexity index is 712. The molecule has 1 aromatic heterocycles. The van der Waals surface area contributed by atoms with Crippen LogP contribution >= 0.6 is 0 Å². The topological polar surface area (TPSA) is 57.5 Å². The Hall–Kier alpha value is -2.50. The molecule has 136 valence electrons. The third-order valence-corrected chi connectivity index (χ3v) is 4.31. The Kier molecular flexibility index (Phi) is 6.44. The molecular weight excluding hydrogens is 312 g/mol. The minimum atomic E-state index is 0.647. The predicted octanol–water partition coefficient (Wildman–Crippen LogP) is 2.36. The monoisotopic (exact) mass is 342 g/mol. The molecule has 0 saturated carbocycles. The number of aromatic nitrogens is 2. The van der Waals surface area contributed by atoms with E-state index in [9.17, 15) is 0 Å². The van der Waals surface area contributed by atoms with Crippen molar-refractivity contribution in [3.63, 3.8) is 0 Å². The number of anilines is 1. The summed E-state index contributed by atoms with van der Waals surface area (Å²) in [4.78, 5) is 6.79. The van der Waals surface area contributed by atoms with Gasteiger partial charge < -0.3 is 15.5 Å². The summed E-state index contributed by atoms with van der Waals surface area (Å²) in [5, 5.41) is 11.2. The van der Waals surface area contributed by atoms with Gasteiger partial charge in [-0.25, -0.2) is 4.99 Å². The van der Waals surface area contributed by atoms with Crippen LogP contribution in [0.25, 0.3) is 0 Å². The van der Waals surface area contributed by atoms with Gasteiger partial charge in [-0.1, -0.05) is 12.1 Å². The van der Waals surface area contributed by atoms with E-state index in [1.807, 2.05) is 32.7 Å². The van der Waals surface area contributed by atoms with Crippen molar-refractivity contribution in [2.45, 2.75) is 33.9 Å². The molecule has 0 atom stereocenters. The van der Waals surface area contributed by atoms with Crippen LogP contribution in [-0.2, 0) is 20.1 Å². The number of hydrogen-bond donors (Lipinski definition) is 2. The molecule has 0 unspecified atom stereocenters. The van der Waals surface area contributed by atoms with Gasteiger partial charge in [0.25, 0.3) is 0 Å². The van der Waals surface area contributed by atoms with E-state index in [0.29, 0.717) is 6.54 Å². The average Bonchev–Trinajstić information content (AvgIpc) is 2.83. The van der Waals surface area contributed by atoms with E-state index < -0.39 is 0 Å². The van der Waals surface area contributed by atoms with E-state index in [0.717, 1.165) is 24.7 Å². The quantitative estimate of drug-likeness (QED) is 0.625. The molecule has 6 heteroatoms. The van der Waals surface area contributed by atoms with Crippen molar-refractivity contribution < 1.29 is 0 Å². The first-order valence-electron chi connectivity index (χ1n) is 8.69. The van der Waals surface area contributed by atoms with E-state index in [-0.39, 0.29) is 0 Å². The summed E-state index contributed by atoms with van der Waals surface area (Å²) in [6.07, 6.45) is 0. The fourth-order valence-corrected chi connectivity index (χ4v) is 2.66. The van der Waals surface area contributed by atoms with Crippen molar-refractivity contribution in [1.82, 2.24) is 20.4 Å². The van der Waals surface area contributed by atoms with Crippen molar-refractivity contribution in [3.8, 4) is 0 Å². The number of hydrogen-bond acceptors (Lipinski definition) is 3. The minimum Gasteiger partial charge on any atom is -0.378 e. The third-order valence-electron chi connectivity index (χ3n) is 4.31. The van der Waals surface area contributed by atoms with Crippen molar-refractivity contribution in [3.05, 3.63) is 46.8 Å². The number of nitrogens with one attached hydrogen (secondary N) is 2. The fraction of sp³-hybridized carbons (Fsp3) is 0.474. The molecule has 0 aliphatic heterocycles. The Balaban J connectivity index is 2.02. The fourth-order valence-electron chi connectivity index (χ4n) is 2.66.